The Kier molecular flexibility index (Phi) is 2.56. The molecule has 0 bridgehead atoms. The van der Waals surface area contributed by atoms with Gasteiger partial charge in [-0.25, -0.2) is 5.10 Å². The van der Waals surface area contributed by atoms with Gasteiger partial charge in [0.25, 0.3) is 5.56 Å². The van der Waals surface area contributed by atoms with E-state index in [0.29, 0.717) is 11.1 Å². The lowest BCUT2D eigenvalue weighted by Gasteiger charge is -2.06. The Morgan fingerprint density at radius 3 is 2.58 bits per heavy atom. The molecule has 0 radical (unpaired) electrons. The number of aryl methyl sites for hydroxylation is 1. The maximum atomic E-state index is 11.7. The molecular formula is C15H12N2O2. The monoisotopic (exact) mass is 252 g/mol. The molecule has 0 fully saturated rings. The molecule has 0 aliphatic heterocycles. The fourth-order valence-corrected chi connectivity index (χ4v) is 2.14. The molecule has 2 aromatic carbocycles. The normalized spacial score (nSPS) is 10.8. The van der Waals surface area contributed by atoms with E-state index < -0.39 is 0 Å². The first-order valence-corrected chi connectivity index (χ1v) is 5.94. The number of H-pyrrole nitrogens is 1. The number of phenols is 1. The smallest absolute Gasteiger partial charge is 0.272 e. The molecule has 0 amide bonds. The Bertz CT molecular complexity index is 822. The number of aromatic hydroxyl groups is 1. The number of hydrogen-bond acceptors (Lipinski definition) is 3. The van der Waals surface area contributed by atoms with Gasteiger partial charge in [0.2, 0.25) is 0 Å². The van der Waals surface area contributed by atoms with Crippen LogP contribution in [0.4, 0.5) is 0 Å². The first-order chi connectivity index (χ1) is 9.16. The average Bonchev–Trinajstić information content (AvgIpc) is 2.43. The lowest BCUT2D eigenvalue weighted by Crippen LogP contribution is -2.09. The van der Waals surface area contributed by atoms with Gasteiger partial charge in [-0.2, -0.15) is 5.10 Å². The summed E-state index contributed by atoms with van der Waals surface area (Å²) in [5, 5.41) is 17.6. The average molecular weight is 252 g/mol. The molecule has 3 aromatic rings. The van der Waals surface area contributed by atoms with Gasteiger partial charge in [0, 0.05) is 10.9 Å². The highest BCUT2D eigenvalue weighted by molar-refractivity contribution is 5.93. The lowest BCUT2D eigenvalue weighted by atomic mass is 10.0. The van der Waals surface area contributed by atoms with E-state index in [1.807, 2.05) is 31.2 Å². The molecule has 1 aromatic heterocycles. The van der Waals surface area contributed by atoms with Crippen LogP contribution >= 0.6 is 0 Å². The van der Waals surface area contributed by atoms with E-state index in [1.165, 1.54) is 0 Å². The topological polar surface area (TPSA) is 66.0 Å². The van der Waals surface area contributed by atoms with E-state index >= 15 is 0 Å². The van der Waals surface area contributed by atoms with Gasteiger partial charge in [-0.05, 0) is 36.8 Å². The number of hydrogen-bond donors (Lipinski definition) is 2. The highest BCUT2D eigenvalue weighted by Crippen LogP contribution is 2.27. The SMILES string of the molecule is Cc1cc(-c2n[nH]c(=O)c3ccccc23)ccc1O. The molecule has 0 saturated heterocycles. The van der Waals surface area contributed by atoms with Crippen molar-refractivity contribution in [3.8, 4) is 17.0 Å². The molecule has 19 heavy (non-hydrogen) atoms. The molecule has 4 heteroatoms. The first kappa shape index (κ1) is 11.5. The molecule has 0 spiro atoms. The van der Waals surface area contributed by atoms with Crippen molar-refractivity contribution in [3.63, 3.8) is 0 Å². The van der Waals surface area contributed by atoms with Crippen LogP contribution in [0.2, 0.25) is 0 Å². The van der Waals surface area contributed by atoms with Gasteiger partial charge < -0.3 is 5.11 Å². The van der Waals surface area contributed by atoms with Gasteiger partial charge in [-0.1, -0.05) is 18.2 Å². The van der Waals surface area contributed by atoms with Gasteiger partial charge in [-0.15, -0.1) is 0 Å². The molecule has 0 atom stereocenters. The summed E-state index contributed by atoms with van der Waals surface area (Å²) in [7, 11) is 0. The van der Waals surface area contributed by atoms with Crippen LogP contribution in [0.15, 0.2) is 47.3 Å². The Morgan fingerprint density at radius 1 is 1.11 bits per heavy atom. The second kappa shape index (κ2) is 4.24. The molecular weight excluding hydrogens is 240 g/mol. The second-order valence-electron chi connectivity index (χ2n) is 4.45. The van der Waals surface area contributed by atoms with Gasteiger partial charge in [-0.3, -0.25) is 4.79 Å². The van der Waals surface area contributed by atoms with Gasteiger partial charge in [0.1, 0.15) is 5.75 Å². The van der Waals surface area contributed by atoms with Crippen molar-refractivity contribution >= 4 is 10.8 Å². The van der Waals surface area contributed by atoms with Gasteiger partial charge >= 0.3 is 0 Å². The van der Waals surface area contributed by atoms with Crippen molar-refractivity contribution in [2.45, 2.75) is 6.92 Å². The van der Waals surface area contributed by atoms with Gasteiger partial charge in [0.15, 0.2) is 0 Å². The number of rotatable bonds is 1. The highest BCUT2D eigenvalue weighted by atomic mass is 16.3. The van der Waals surface area contributed by atoms with Crippen molar-refractivity contribution in [2.75, 3.05) is 0 Å². The molecule has 0 unspecified atom stereocenters. The third-order valence-electron chi connectivity index (χ3n) is 3.17. The molecule has 0 saturated carbocycles. The Labute approximate surface area is 109 Å². The Morgan fingerprint density at radius 2 is 1.84 bits per heavy atom. The standard InChI is InChI=1S/C15H12N2O2/c1-9-8-10(6-7-13(9)18)14-11-4-2-3-5-12(11)15(19)17-16-14/h2-8,18H,1H3,(H,17,19). The number of phenolic OH excluding ortho intramolecular Hbond substituents is 1. The van der Waals surface area contributed by atoms with Crippen LogP contribution in [-0.4, -0.2) is 15.3 Å². The van der Waals surface area contributed by atoms with Crippen molar-refractivity contribution in [3.05, 3.63) is 58.4 Å². The number of fused-ring (bicyclic) bond motifs is 1. The third kappa shape index (κ3) is 1.87. The zero-order chi connectivity index (χ0) is 13.4. The zero-order valence-corrected chi connectivity index (χ0v) is 10.3. The fourth-order valence-electron chi connectivity index (χ4n) is 2.14. The van der Waals surface area contributed by atoms with Crippen LogP contribution in [0.1, 0.15) is 5.56 Å². The fraction of sp³-hybridized carbons (Fsp3) is 0.0667. The number of aromatic nitrogens is 2. The van der Waals surface area contributed by atoms with Crippen molar-refractivity contribution in [1.82, 2.24) is 10.2 Å². The summed E-state index contributed by atoms with van der Waals surface area (Å²) in [5.74, 6) is 0.248. The molecule has 0 aliphatic rings. The predicted octanol–water partition coefficient (Wildman–Crippen LogP) is 2.60. The van der Waals surface area contributed by atoms with E-state index in [0.717, 1.165) is 16.5 Å². The van der Waals surface area contributed by atoms with Crippen LogP contribution in [0, 0.1) is 6.92 Å². The van der Waals surface area contributed by atoms with Crippen LogP contribution in [0.25, 0.3) is 22.0 Å². The highest BCUT2D eigenvalue weighted by Gasteiger charge is 2.09. The Hall–Kier alpha value is -2.62. The van der Waals surface area contributed by atoms with Crippen LogP contribution in [0.5, 0.6) is 5.75 Å². The zero-order valence-electron chi connectivity index (χ0n) is 10.3. The van der Waals surface area contributed by atoms with E-state index in [-0.39, 0.29) is 11.3 Å². The number of benzene rings is 2. The minimum Gasteiger partial charge on any atom is -0.508 e. The summed E-state index contributed by atoms with van der Waals surface area (Å²) < 4.78 is 0. The summed E-state index contributed by atoms with van der Waals surface area (Å²) >= 11 is 0. The van der Waals surface area contributed by atoms with Crippen molar-refractivity contribution in [1.29, 1.82) is 0 Å². The van der Waals surface area contributed by atoms with Crippen LogP contribution in [0.3, 0.4) is 0 Å². The summed E-state index contributed by atoms with van der Waals surface area (Å²) in [6, 6.07) is 12.6. The molecule has 3 rings (SSSR count). The quantitative estimate of drug-likeness (QED) is 0.699. The van der Waals surface area contributed by atoms with Crippen molar-refractivity contribution in [2.24, 2.45) is 0 Å². The van der Waals surface area contributed by atoms with E-state index in [9.17, 15) is 9.90 Å². The molecule has 0 aliphatic carbocycles. The maximum Gasteiger partial charge on any atom is 0.272 e. The summed E-state index contributed by atoms with van der Waals surface area (Å²) in [4.78, 5) is 11.7. The molecule has 94 valence electrons. The Balaban J connectivity index is 2.34. The maximum absolute atomic E-state index is 11.7. The van der Waals surface area contributed by atoms with E-state index in [2.05, 4.69) is 10.2 Å². The summed E-state index contributed by atoms with van der Waals surface area (Å²) in [5.41, 5.74) is 2.14. The number of aromatic amines is 1. The summed E-state index contributed by atoms with van der Waals surface area (Å²) in [6.07, 6.45) is 0. The van der Waals surface area contributed by atoms with Gasteiger partial charge in [0.05, 0.1) is 11.1 Å². The van der Waals surface area contributed by atoms with E-state index in [1.54, 1.807) is 18.2 Å². The van der Waals surface area contributed by atoms with Crippen LogP contribution in [-0.2, 0) is 0 Å². The van der Waals surface area contributed by atoms with E-state index in [4.69, 9.17) is 0 Å². The first-order valence-electron chi connectivity index (χ1n) is 5.94. The lowest BCUT2D eigenvalue weighted by molar-refractivity contribution is 0.471. The number of nitrogens with one attached hydrogen (secondary N) is 1. The van der Waals surface area contributed by atoms with Crippen LogP contribution < -0.4 is 5.56 Å². The summed E-state index contributed by atoms with van der Waals surface area (Å²) in [6.45, 7) is 1.83. The number of nitrogens with zero attached hydrogens (tertiary/aromatic N) is 1. The largest absolute Gasteiger partial charge is 0.508 e. The molecule has 4 nitrogen and oxygen atoms in total. The third-order valence-corrected chi connectivity index (χ3v) is 3.17. The molecule has 2 N–H and O–H groups in total. The second-order valence-corrected chi connectivity index (χ2v) is 4.45. The van der Waals surface area contributed by atoms with Crippen molar-refractivity contribution < 1.29 is 5.11 Å². The minimum atomic E-state index is -0.199. The minimum absolute atomic E-state index is 0.199. The molecule has 1 heterocycles. The predicted molar refractivity (Wildman–Crippen MR) is 74.2 cm³/mol.